The largest absolute Gasteiger partial charge is 0.478 e. The first-order valence-corrected chi connectivity index (χ1v) is 9.16. The van der Waals surface area contributed by atoms with Crippen LogP contribution < -0.4 is 5.32 Å². The number of carboxylic acids is 1. The fourth-order valence-electron chi connectivity index (χ4n) is 2.49. The van der Waals surface area contributed by atoms with Gasteiger partial charge in [-0.15, -0.1) is 0 Å². The number of hydrogen-bond acceptors (Lipinski definition) is 5. The molecule has 29 heavy (non-hydrogen) atoms. The van der Waals surface area contributed by atoms with E-state index in [0.29, 0.717) is 5.56 Å². The van der Waals surface area contributed by atoms with E-state index in [4.69, 9.17) is 14.6 Å². The van der Waals surface area contributed by atoms with Crippen molar-refractivity contribution in [2.24, 2.45) is 0 Å². The van der Waals surface area contributed by atoms with Gasteiger partial charge >= 0.3 is 18.0 Å². The summed E-state index contributed by atoms with van der Waals surface area (Å²) < 4.78 is 10.6. The van der Waals surface area contributed by atoms with E-state index in [1.54, 1.807) is 32.9 Å². The third-order valence-corrected chi connectivity index (χ3v) is 3.84. The smallest absolute Gasteiger partial charge is 0.408 e. The van der Waals surface area contributed by atoms with E-state index in [1.807, 2.05) is 30.3 Å². The molecule has 1 amide bonds. The quantitative estimate of drug-likeness (QED) is 0.690. The predicted molar refractivity (Wildman–Crippen MR) is 107 cm³/mol. The van der Waals surface area contributed by atoms with Gasteiger partial charge in [0.15, 0.2) is 0 Å². The first-order chi connectivity index (χ1) is 13.6. The second kappa shape index (κ2) is 9.73. The third-order valence-electron chi connectivity index (χ3n) is 3.84. The minimum atomic E-state index is -1.04. The van der Waals surface area contributed by atoms with E-state index in [-0.39, 0.29) is 18.6 Å². The molecule has 0 spiro atoms. The summed E-state index contributed by atoms with van der Waals surface area (Å²) in [5.74, 6) is -1.64. The summed E-state index contributed by atoms with van der Waals surface area (Å²) in [5.41, 5.74) is 0.908. The van der Waals surface area contributed by atoms with Gasteiger partial charge in [-0.2, -0.15) is 0 Å². The maximum absolute atomic E-state index is 12.6. The van der Waals surface area contributed by atoms with Gasteiger partial charge in [0.05, 0.1) is 5.56 Å². The molecule has 2 N–H and O–H groups in total. The number of esters is 1. The summed E-state index contributed by atoms with van der Waals surface area (Å²) in [6.45, 7) is 5.27. The first kappa shape index (κ1) is 21.9. The number of nitrogens with one attached hydrogen (secondary N) is 1. The Labute approximate surface area is 169 Å². The highest BCUT2D eigenvalue weighted by atomic mass is 16.6. The van der Waals surface area contributed by atoms with E-state index in [0.717, 1.165) is 5.56 Å². The zero-order valence-corrected chi connectivity index (χ0v) is 16.7. The standard InChI is InChI=1S/C22H25NO6/c1-22(2,3)29-20(26)18(13-15-9-11-17(12-10-15)19(24)25)23-21(27)28-14-16-7-5-4-6-8-16/h4-12,18H,13-14H2,1-3H3,(H,23,27)(H,24,25)/t18-/m1/s1. The summed E-state index contributed by atoms with van der Waals surface area (Å²) in [6.07, 6.45) is -0.609. The molecule has 2 aromatic carbocycles. The number of carbonyl (C=O) groups is 3. The SMILES string of the molecule is CC(C)(C)OC(=O)[C@@H](Cc1ccc(C(=O)O)cc1)NC(=O)OCc1ccccc1. The fourth-order valence-corrected chi connectivity index (χ4v) is 2.49. The van der Waals surface area contributed by atoms with Gasteiger partial charge in [0, 0.05) is 6.42 Å². The summed E-state index contributed by atoms with van der Waals surface area (Å²) in [6, 6.07) is 14.3. The van der Waals surface area contributed by atoms with Crippen LogP contribution in [0.5, 0.6) is 0 Å². The summed E-state index contributed by atoms with van der Waals surface area (Å²) >= 11 is 0. The lowest BCUT2D eigenvalue weighted by Gasteiger charge is -2.24. The Hall–Kier alpha value is -3.35. The van der Waals surface area contributed by atoms with Crippen molar-refractivity contribution >= 4 is 18.0 Å². The fraction of sp³-hybridized carbons (Fsp3) is 0.318. The van der Waals surface area contributed by atoms with Crippen molar-refractivity contribution in [1.29, 1.82) is 0 Å². The van der Waals surface area contributed by atoms with Gasteiger partial charge in [0.2, 0.25) is 0 Å². The number of benzene rings is 2. The van der Waals surface area contributed by atoms with Gasteiger partial charge in [-0.3, -0.25) is 0 Å². The molecule has 154 valence electrons. The second-order valence-corrected chi connectivity index (χ2v) is 7.50. The Morgan fingerprint density at radius 1 is 0.966 bits per heavy atom. The van der Waals surface area contributed by atoms with Gasteiger partial charge in [-0.05, 0) is 44.0 Å². The lowest BCUT2D eigenvalue weighted by Crippen LogP contribution is -2.45. The van der Waals surface area contributed by atoms with Crippen molar-refractivity contribution in [3.63, 3.8) is 0 Å². The highest BCUT2D eigenvalue weighted by Gasteiger charge is 2.27. The van der Waals surface area contributed by atoms with Crippen LogP contribution in [0.1, 0.15) is 42.3 Å². The number of rotatable bonds is 7. The lowest BCUT2D eigenvalue weighted by molar-refractivity contribution is -0.157. The molecule has 0 radical (unpaired) electrons. The van der Waals surface area contributed by atoms with Crippen LogP contribution in [-0.4, -0.2) is 34.8 Å². The Kier molecular flexibility index (Phi) is 7.36. The molecule has 0 aromatic heterocycles. The average Bonchev–Trinajstić information content (AvgIpc) is 2.66. The van der Waals surface area contributed by atoms with E-state index in [1.165, 1.54) is 12.1 Å². The van der Waals surface area contributed by atoms with Crippen molar-refractivity contribution in [2.45, 2.75) is 45.4 Å². The number of alkyl carbamates (subject to hydrolysis) is 1. The molecule has 0 aliphatic rings. The molecule has 0 saturated heterocycles. The maximum Gasteiger partial charge on any atom is 0.408 e. The van der Waals surface area contributed by atoms with Gasteiger partial charge < -0.3 is 19.9 Å². The van der Waals surface area contributed by atoms with Gasteiger partial charge in [-0.25, -0.2) is 14.4 Å². The van der Waals surface area contributed by atoms with E-state index in [2.05, 4.69) is 5.32 Å². The maximum atomic E-state index is 12.6. The monoisotopic (exact) mass is 399 g/mol. The van der Waals surface area contributed by atoms with Crippen LogP contribution in [0.25, 0.3) is 0 Å². The van der Waals surface area contributed by atoms with Crippen LogP contribution in [0.15, 0.2) is 54.6 Å². The molecule has 0 saturated carbocycles. The topological polar surface area (TPSA) is 102 Å². The van der Waals surface area contributed by atoms with Crippen LogP contribution in [0.3, 0.4) is 0 Å². The average molecular weight is 399 g/mol. The molecule has 0 unspecified atom stereocenters. The molecular weight excluding hydrogens is 374 g/mol. The summed E-state index contributed by atoms with van der Waals surface area (Å²) in [5, 5.41) is 11.5. The van der Waals surface area contributed by atoms with Gasteiger partial charge in [0.25, 0.3) is 0 Å². The van der Waals surface area contributed by atoms with E-state index in [9.17, 15) is 14.4 Å². The highest BCUT2D eigenvalue weighted by Crippen LogP contribution is 2.13. The highest BCUT2D eigenvalue weighted by molar-refractivity contribution is 5.87. The molecule has 1 atom stereocenters. The number of hydrogen-bond donors (Lipinski definition) is 2. The lowest BCUT2D eigenvalue weighted by atomic mass is 10.0. The number of amides is 1. The zero-order valence-electron chi connectivity index (χ0n) is 16.7. The summed E-state index contributed by atoms with van der Waals surface area (Å²) in [4.78, 5) is 35.8. The molecule has 0 aliphatic heterocycles. The first-order valence-electron chi connectivity index (χ1n) is 9.16. The Morgan fingerprint density at radius 2 is 1.59 bits per heavy atom. The molecule has 0 fully saturated rings. The predicted octanol–water partition coefficient (Wildman–Crippen LogP) is 3.56. The van der Waals surface area contributed by atoms with Crippen LogP contribution in [0.4, 0.5) is 4.79 Å². The van der Waals surface area contributed by atoms with Crippen LogP contribution in [-0.2, 0) is 27.3 Å². The van der Waals surface area contributed by atoms with Gasteiger partial charge in [0.1, 0.15) is 18.2 Å². The molecule has 0 heterocycles. The van der Waals surface area contributed by atoms with Crippen LogP contribution >= 0.6 is 0 Å². The van der Waals surface area contributed by atoms with E-state index >= 15 is 0 Å². The number of aromatic carboxylic acids is 1. The molecule has 7 heteroatoms. The number of carbonyl (C=O) groups excluding carboxylic acids is 2. The molecule has 2 aromatic rings. The van der Waals surface area contributed by atoms with Crippen LogP contribution in [0.2, 0.25) is 0 Å². The second-order valence-electron chi connectivity index (χ2n) is 7.50. The van der Waals surface area contributed by atoms with Crippen molar-refractivity contribution in [1.82, 2.24) is 5.32 Å². The normalized spacial score (nSPS) is 12.0. The number of carboxylic acid groups (broad SMARTS) is 1. The Morgan fingerprint density at radius 3 is 2.14 bits per heavy atom. The minimum Gasteiger partial charge on any atom is -0.478 e. The Balaban J connectivity index is 2.06. The van der Waals surface area contributed by atoms with Crippen molar-refractivity contribution < 1.29 is 29.0 Å². The van der Waals surface area contributed by atoms with Crippen molar-refractivity contribution in [3.05, 3.63) is 71.3 Å². The third kappa shape index (κ3) is 7.65. The molecule has 2 rings (SSSR count). The molecule has 0 bridgehead atoms. The van der Waals surface area contributed by atoms with Crippen molar-refractivity contribution in [3.8, 4) is 0 Å². The van der Waals surface area contributed by atoms with E-state index < -0.39 is 29.7 Å². The van der Waals surface area contributed by atoms with Crippen LogP contribution in [0, 0.1) is 0 Å². The molecule has 7 nitrogen and oxygen atoms in total. The van der Waals surface area contributed by atoms with Gasteiger partial charge in [-0.1, -0.05) is 42.5 Å². The number of ether oxygens (including phenoxy) is 2. The molecular formula is C22H25NO6. The summed E-state index contributed by atoms with van der Waals surface area (Å²) in [7, 11) is 0. The molecule has 0 aliphatic carbocycles. The van der Waals surface area contributed by atoms with Crippen molar-refractivity contribution in [2.75, 3.05) is 0 Å². The Bertz CT molecular complexity index is 840. The minimum absolute atomic E-state index is 0.0705. The zero-order chi connectivity index (χ0) is 21.4.